The van der Waals surface area contributed by atoms with E-state index >= 15 is 0 Å². The Labute approximate surface area is 193 Å². The fourth-order valence-corrected chi connectivity index (χ4v) is 4.01. The number of carbonyl (C=O) groups is 1. The average Bonchev–Trinajstić information content (AvgIpc) is 3.23. The monoisotopic (exact) mass is 463 g/mol. The van der Waals surface area contributed by atoms with E-state index in [1.807, 2.05) is 6.07 Å². The van der Waals surface area contributed by atoms with Gasteiger partial charge >= 0.3 is 0 Å². The molecule has 0 fully saturated rings. The Morgan fingerprint density at radius 2 is 1.73 bits per heavy atom. The largest absolute Gasteiger partial charge is 0.493 e. The number of nitrogens with zero attached hydrogens (tertiary/aromatic N) is 2. The van der Waals surface area contributed by atoms with E-state index in [0.717, 1.165) is 4.70 Å². The fraction of sp³-hybridized carbons (Fsp3) is 0.125. The number of benzene rings is 3. The predicted octanol–water partition coefficient (Wildman–Crippen LogP) is 5.08. The third-order valence-corrected chi connectivity index (χ3v) is 5.71. The van der Waals surface area contributed by atoms with Crippen LogP contribution in [0.2, 0.25) is 0 Å². The highest BCUT2D eigenvalue weighted by Crippen LogP contribution is 2.36. The van der Waals surface area contributed by atoms with Crippen molar-refractivity contribution >= 4 is 32.6 Å². The summed E-state index contributed by atoms with van der Waals surface area (Å²) in [6.45, 7) is 0. The van der Waals surface area contributed by atoms with Gasteiger partial charge in [-0.05, 0) is 36.4 Å². The maximum Gasteiger partial charge on any atom is 0.271 e. The van der Waals surface area contributed by atoms with Crippen LogP contribution in [0.3, 0.4) is 0 Å². The Hall–Kier alpha value is -4.16. The maximum atomic E-state index is 13.4. The van der Waals surface area contributed by atoms with Crippen LogP contribution in [0, 0.1) is 17.1 Å². The third-order valence-electron chi connectivity index (χ3n) is 4.77. The van der Waals surface area contributed by atoms with E-state index in [1.54, 1.807) is 43.5 Å². The lowest BCUT2D eigenvalue weighted by molar-refractivity contribution is -0.123. The molecule has 1 unspecified atom stereocenters. The number of anilines is 1. The minimum atomic E-state index is -1.07. The van der Waals surface area contributed by atoms with E-state index in [-0.39, 0.29) is 0 Å². The van der Waals surface area contributed by atoms with Gasteiger partial charge in [0.15, 0.2) is 16.6 Å². The highest BCUT2D eigenvalue weighted by molar-refractivity contribution is 7.22. The van der Waals surface area contributed by atoms with Gasteiger partial charge < -0.3 is 14.2 Å². The van der Waals surface area contributed by atoms with Crippen molar-refractivity contribution in [1.29, 1.82) is 5.26 Å². The summed E-state index contributed by atoms with van der Waals surface area (Å²) in [5, 5.41) is 12.1. The Bertz CT molecular complexity index is 1290. The van der Waals surface area contributed by atoms with E-state index in [4.69, 9.17) is 19.5 Å². The summed E-state index contributed by atoms with van der Waals surface area (Å²) in [6.07, 6.45) is -1.07. The Morgan fingerprint density at radius 3 is 2.36 bits per heavy atom. The number of hydrogen-bond acceptors (Lipinski definition) is 7. The molecule has 0 bridgehead atoms. The minimum absolute atomic E-state index is 0.362. The molecular weight excluding hydrogens is 445 g/mol. The fourth-order valence-electron chi connectivity index (χ4n) is 3.13. The second kappa shape index (κ2) is 9.54. The molecule has 9 heteroatoms. The highest BCUT2D eigenvalue weighted by Gasteiger charge is 2.24. The van der Waals surface area contributed by atoms with Gasteiger partial charge in [-0.15, -0.1) is 0 Å². The van der Waals surface area contributed by atoms with E-state index in [0.29, 0.717) is 39.0 Å². The molecule has 0 aliphatic carbocycles. The molecule has 1 heterocycles. The Balaban J connectivity index is 1.62. The normalized spacial score (nSPS) is 11.5. The van der Waals surface area contributed by atoms with Crippen molar-refractivity contribution in [2.45, 2.75) is 6.10 Å². The number of aromatic nitrogens is 1. The molecule has 7 nitrogen and oxygen atoms in total. The maximum absolute atomic E-state index is 13.4. The zero-order valence-corrected chi connectivity index (χ0v) is 18.5. The van der Waals surface area contributed by atoms with Crippen molar-refractivity contribution in [3.8, 4) is 23.3 Å². The van der Waals surface area contributed by atoms with Crippen molar-refractivity contribution in [2.24, 2.45) is 0 Å². The van der Waals surface area contributed by atoms with Crippen LogP contribution in [-0.2, 0) is 4.79 Å². The molecular formula is C24H18FN3O4S. The van der Waals surface area contributed by atoms with Crippen LogP contribution >= 0.6 is 11.3 Å². The molecule has 166 valence electrons. The number of amides is 1. The van der Waals surface area contributed by atoms with Gasteiger partial charge in [0.05, 0.1) is 36.1 Å². The molecule has 1 aromatic heterocycles. The van der Waals surface area contributed by atoms with Gasteiger partial charge in [0.1, 0.15) is 11.6 Å². The summed E-state index contributed by atoms with van der Waals surface area (Å²) in [4.78, 5) is 17.6. The summed E-state index contributed by atoms with van der Waals surface area (Å²) in [6, 6.07) is 17.4. The average molecular weight is 463 g/mol. The van der Waals surface area contributed by atoms with Crippen LogP contribution < -0.4 is 19.5 Å². The number of nitrogens with one attached hydrogen (secondary N) is 1. The first-order valence-corrected chi connectivity index (χ1v) is 10.6. The zero-order chi connectivity index (χ0) is 23.4. The first-order chi connectivity index (χ1) is 16.0. The third kappa shape index (κ3) is 4.86. The summed E-state index contributed by atoms with van der Waals surface area (Å²) in [5.41, 5.74) is 1.56. The lowest BCUT2D eigenvalue weighted by Gasteiger charge is -2.18. The van der Waals surface area contributed by atoms with Gasteiger partial charge in [-0.1, -0.05) is 23.5 Å². The molecule has 1 atom stereocenters. The highest BCUT2D eigenvalue weighted by atomic mass is 32.1. The number of halogens is 1. The number of carbonyl (C=O) groups excluding carboxylic acids is 1. The molecule has 0 aliphatic heterocycles. The number of hydrogen-bond donors (Lipinski definition) is 1. The number of nitriles is 1. The lowest BCUT2D eigenvalue weighted by Crippen LogP contribution is -2.25. The summed E-state index contributed by atoms with van der Waals surface area (Å²) < 4.78 is 30.8. The first-order valence-electron chi connectivity index (χ1n) is 9.76. The number of fused-ring (bicyclic) bond motifs is 1. The van der Waals surface area contributed by atoms with Crippen LogP contribution in [0.15, 0.2) is 60.7 Å². The minimum Gasteiger partial charge on any atom is -0.493 e. The van der Waals surface area contributed by atoms with Gasteiger partial charge in [0, 0.05) is 17.7 Å². The summed E-state index contributed by atoms with van der Waals surface area (Å²) in [5.74, 6) is 0.563. The van der Waals surface area contributed by atoms with Crippen LogP contribution in [0.25, 0.3) is 10.2 Å². The molecule has 3 aromatic carbocycles. The molecule has 0 aliphatic rings. The number of methoxy groups -OCH3 is 2. The van der Waals surface area contributed by atoms with Crippen LogP contribution in [-0.4, -0.2) is 25.1 Å². The molecule has 0 spiro atoms. The standard InChI is InChI=1S/C24H18FN3O4S/c1-30-19-11-18-21(12-20(19)31-2)33-24(27-18)28-23(29)22(15-5-7-16(25)8-6-15)32-17-9-3-14(13-26)4-10-17/h3-12,22H,1-2H3,(H,27,28,29). The Kier molecular flexibility index (Phi) is 6.38. The quantitative estimate of drug-likeness (QED) is 0.411. The number of rotatable bonds is 7. The molecule has 4 rings (SSSR count). The number of thiazole rings is 1. The van der Waals surface area contributed by atoms with Crippen LogP contribution in [0.1, 0.15) is 17.2 Å². The van der Waals surface area contributed by atoms with E-state index < -0.39 is 17.8 Å². The van der Waals surface area contributed by atoms with Crippen molar-refractivity contribution in [3.05, 3.63) is 77.6 Å². The van der Waals surface area contributed by atoms with Crippen LogP contribution in [0.4, 0.5) is 9.52 Å². The van der Waals surface area contributed by atoms with Gasteiger partial charge in [0.2, 0.25) is 6.10 Å². The van der Waals surface area contributed by atoms with Gasteiger partial charge in [-0.25, -0.2) is 9.37 Å². The molecule has 33 heavy (non-hydrogen) atoms. The topological polar surface area (TPSA) is 93.5 Å². The molecule has 0 saturated heterocycles. The van der Waals surface area contributed by atoms with Crippen molar-refractivity contribution in [3.63, 3.8) is 0 Å². The van der Waals surface area contributed by atoms with Crippen LogP contribution in [0.5, 0.6) is 17.2 Å². The van der Waals surface area contributed by atoms with Crippen molar-refractivity contribution in [2.75, 3.05) is 19.5 Å². The zero-order valence-electron chi connectivity index (χ0n) is 17.7. The smallest absolute Gasteiger partial charge is 0.271 e. The Morgan fingerprint density at radius 1 is 1.06 bits per heavy atom. The summed E-state index contributed by atoms with van der Waals surface area (Å²) in [7, 11) is 3.08. The van der Waals surface area contributed by atoms with Gasteiger partial charge in [0.25, 0.3) is 5.91 Å². The second-order valence-corrected chi connectivity index (χ2v) is 7.90. The van der Waals surface area contributed by atoms with E-state index in [2.05, 4.69) is 10.3 Å². The second-order valence-electron chi connectivity index (χ2n) is 6.87. The lowest BCUT2D eigenvalue weighted by atomic mass is 10.1. The molecule has 4 aromatic rings. The molecule has 0 radical (unpaired) electrons. The summed E-state index contributed by atoms with van der Waals surface area (Å²) >= 11 is 1.27. The van der Waals surface area contributed by atoms with Crippen molar-refractivity contribution < 1.29 is 23.4 Å². The van der Waals surface area contributed by atoms with E-state index in [9.17, 15) is 9.18 Å². The molecule has 1 amide bonds. The number of ether oxygens (including phenoxy) is 3. The van der Waals surface area contributed by atoms with E-state index in [1.165, 1.54) is 42.7 Å². The predicted molar refractivity (Wildman–Crippen MR) is 122 cm³/mol. The van der Waals surface area contributed by atoms with Gasteiger partial charge in [-0.3, -0.25) is 10.1 Å². The molecule has 0 saturated carbocycles. The van der Waals surface area contributed by atoms with Crippen molar-refractivity contribution in [1.82, 2.24) is 4.98 Å². The first kappa shape index (κ1) is 22.0. The SMILES string of the molecule is COc1cc2nc(NC(=O)C(Oc3ccc(C#N)cc3)c3ccc(F)cc3)sc2cc1OC. The molecule has 1 N–H and O–H groups in total. The van der Waals surface area contributed by atoms with Gasteiger partial charge in [-0.2, -0.15) is 5.26 Å².